The van der Waals surface area contributed by atoms with E-state index in [1.165, 1.54) is 0 Å². The van der Waals surface area contributed by atoms with Crippen molar-refractivity contribution in [2.24, 2.45) is 5.73 Å². The molecule has 2 N–H and O–H groups in total. The third-order valence-corrected chi connectivity index (χ3v) is 3.30. The van der Waals surface area contributed by atoms with E-state index in [0.717, 1.165) is 11.1 Å². The summed E-state index contributed by atoms with van der Waals surface area (Å²) in [5.41, 5.74) is 8.58. The molecule has 0 spiro atoms. The molecule has 2 rings (SSSR count). The van der Waals surface area contributed by atoms with Crippen LogP contribution in [0.25, 0.3) is 0 Å². The molecule has 0 bridgehead atoms. The van der Waals surface area contributed by atoms with Crippen molar-refractivity contribution in [2.45, 2.75) is 20.0 Å². The van der Waals surface area contributed by atoms with Gasteiger partial charge in [-0.1, -0.05) is 24.3 Å². The molecule has 1 aromatic heterocycles. The van der Waals surface area contributed by atoms with Gasteiger partial charge in [-0.15, -0.1) is 0 Å². The second kappa shape index (κ2) is 6.82. The standard InChI is InChI=1S/C16H19N3O/c1-2-19(16(20)13-7-9-18-10-8-13)12-15-6-4-3-5-14(15)11-17/h3-10H,2,11-12,17H2,1H3. The van der Waals surface area contributed by atoms with E-state index >= 15 is 0 Å². The summed E-state index contributed by atoms with van der Waals surface area (Å²) in [4.78, 5) is 18.2. The predicted octanol–water partition coefficient (Wildman–Crippen LogP) is 2.20. The van der Waals surface area contributed by atoms with Crippen LogP contribution in [-0.2, 0) is 13.1 Å². The van der Waals surface area contributed by atoms with Crippen molar-refractivity contribution in [3.05, 3.63) is 65.5 Å². The van der Waals surface area contributed by atoms with Crippen molar-refractivity contribution in [1.29, 1.82) is 0 Å². The molecule has 1 amide bonds. The van der Waals surface area contributed by atoms with Crippen LogP contribution in [0.4, 0.5) is 0 Å². The molecule has 4 nitrogen and oxygen atoms in total. The number of aromatic nitrogens is 1. The largest absolute Gasteiger partial charge is 0.335 e. The van der Waals surface area contributed by atoms with Gasteiger partial charge in [0, 0.05) is 37.6 Å². The number of pyridine rings is 1. The van der Waals surface area contributed by atoms with Gasteiger partial charge in [0.15, 0.2) is 0 Å². The normalized spacial score (nSPS) is 10.3. The van der Waals surface area contributed by atoms with Gasteiger partial charge in [-0.05, 0) is 30.2 Å². The highest BCUT2D eigenvalue weighted by atomic mass is 16.2. The van der Waals surface area contributed by atoms with Crippen molar-refractivity contribution in [3.8, 4) is 0 Å². The number of carbonyl (C=O) groups is 1. The number of amides is 1. The molecule has 0 saturated heterocycles. The number of carbonyl (C=O) groups excluding carboxylic acids is 1. The Hall–Kier alpha value is -2.20. The first-order chi connectivity index (χ1) is 9.76. The Morgan fingerprint density at radius 1 is 1.15 bits per heavy atom. The Kier molecular flexibility index (Phi) is 4.85. The maximum absolute atomic E-state index is 12.4. The maximum atomic E-state index is 12.4. The fourth-order valence-corrected chi connectivity index (χ4v) is 2.12. The van der Waals surface area contributed by atoms with E-state index in [9.17, 15) is 4.79 Å². The monoisotopic (exact) mass is 269 g/mol. The molecule has 1 heterocycles. The van der Waals surface area contributed by atoms with Gasteiger partial charge in [0.25, 0.3) is 5.91 Å². The van der Waals surface area contributed by atoms with Gasteiger partial charge in [-0.3, -0.25) is 9.78 Å². The van der Waals surface area contributed by atoms with Crippen molar-refractivity contribution in [3.63, 3.8) is 0 Å². The molecule has 0 aliphatic heterocycles. The molecule has 0 atom stereocenters. The summed E-state index contributed by atoms with van der Waals surface area (Å²) >= 11 is 0. The van der Waals surface area contributed by atoms with Crippen LogP contribution in [-0.4, -0.2) is 22.3 Å². The van der Waals surface area contributed by atoms with Gasteiger partial charge < -0.3 is 10.6 Å². The number of hydrogen-bond donors (Lipinski definition) is 1. The molecule has 4 heteroatoms. The minimum Gasteiger partial charge on any atom is -0.335 e. The average Bonchev–Trinajstić information content (AvgIpc) is 2.53. The second-order valence-electron chi connectivity index (χ2n) is 4.53. The highest BCUT2D eigenvalue weighted by molar-refractivity contribution is 5.94. The fraction of sp³-hybridized carbons (Fsp3) is 0.250. The minimum absolute atomic E-state index is 0.0155. The molecule has 0 fully saturated rings. The van der Waals surface area contributed by atoms with Crippen molar-refractivity contribution >= 4 is 5.91 Å². The number of benzene rings is 1. The van der Waals surface area contributed by atoms with E-state index in [2.05, 4.69) is 4.98 Å². The summed E-state index contributed by atoms with van der Waals surface area (Å²) < 4.78 is 0. The predicted molar refractivity (Wildman–Crippen MR) is 79.0 cm³/mol. The molecule has 0 radical (unpaired) electrons. The second-order valence-corrected chi connectivity index (χ2v) is 4.53. The van der Waals surface area contributed by atoms with E-state index in [0.29, 0.717) is 25.2 Å². The Morgan fingerprint density at radius 3 is 2.40 bits per heavy atom. The van der Waals surface area contributed by atoms with Crippen LogP contribution in [0.5, 0.6) is 0 Å². The third-order valence-electron chi connectivity index (χ3n) is 3.30. The molecule has 0 aliphatic carbocycles. The summed E-state index contributed by atoms with van der Waals surface area (Å²) in [6.45, 7) is 3.69. The van der Waals surface area contributed by atoms with Crippen LogP contribution in [0.15, 0.2) is 48.8 Å². The van der Waals surface area contributed by atoms with E-state index in [1.807, 2.05) is 36.1 Å². The molecule has 1 aromatic carbocycles. The first-order valence-electron chi connectivity index (χ1n) is 6.72. The van der Waals surface area contributed by atoms with Crippen LogP contribution in [0.1, 0.15) is 28.4 Å². The molecular weight excluding hydrogens is 250 g/mol. The highest BCUT2D eigenvalue weighted by Gasteiger charge is 2.15. The maximum Gasteiger partial charge on any atom is 0.254 e. The van der Waals surface area contributed by atoms with E-state index < -0.39 is 0 Å². The lowest BCUT2D eigenvalue weighted by Gasteiger charge is -2.22. The van der Waals surface area contributed by atoms with Crippen LogP contribution in [0.3, 0.4) is 0 Å². The van der Waals surface area contributed by atoms with Crippen LogP contribution in [0.2, 0.25) is 0 Å². The van der Waals surface area contributed by atoms with Gasteiger partial charge in [0.05, 0.1) is 0 Å². The lowest BCUT2D eigenvalue weighted by molar-refractivity contribution is 0.0752. The number of nitrogens with zero attached hydrogens (tertiary/aromatic N) is 2. The Balaban J connectivity index is 2.19. The number of hydrogen-bond acceptors (Lipinski definition) is 3. The summed E-state index contributed by atoms with van der Waals surface area (Å²) in [5.74, 6) is 0.0155. The lowest BCUT2D eigenvalue weighted by atomic mass is 10.1. The molecule has 20 heavy (non-hydrogen) atoms. The molecule has 0 unspecified atom stereocenters. The highest BCUT2D eigenvalue weighted by Crippen LogP contribution is 2.13. The Morgan fingerprint density at radius 2 is 1.80 bits per heavy atom. The SMILES string of the molecule is CCN(Cc1ccccc1CN)C(=O)c1ccncc1. The summed E-state index contributed by atoms with van der Waals surface area (Å²) in [5, 5.41) is 0. The molecule has 104 valence electrons. The van der Waals surface area contributed by atoms with E-state index in [-0.39, 0.29) is 5.91 Å². The summed E-state index contributed by atoms with van der Waals surface area (Å²) in [6.07, 6.45) is 3.27. The first-order valence-corrected chi connectivity index (χ1v) is 6.72. The van der Waals surface area contributed by atoms with E-state index in [1.54, 1.807) is 24.5 Å². The fourth-order valence-electron chi connectivity index (χ4n) is 2.12. The van der Waals surface area contributed by atoms with E-state index in [4.69, 9.17) is 5.73 Å². The summed E-state index contributed by atoms with van der Waals surface area (Å²) in [7, 11) is 0. The van der Waals surface area contributed by atoms with Crippen molar-refractivity contribution in [2.75, 3.05) is 6.54 Å². The molecule has 0 aliphatic rings. The third kappa shape index (κ3) is 3.22. The van der Waals surface area contributed by atoms with Crippen LogP contribution >= 0.6 is 0 Å². The zero-order chi connectivity index (χ0) is 14.4. The van der Waals surface area contributed by atoms with Crippen molar-refractivity contribution in [1.82, 2.24) is 9.88 Å². The molecule has 2 aromatic rings. The van der Waals surface area contributed by atoms with Crippen LogP contribution in [0, 0.1) is 0 Å². The number of nitrogens with two attached hydrogens (primary N) is 1. The average molecular weight is 269 g/mol. The van der Waals surface area contributed by atoms with Crippen molar-refractivity contribution < 1.29 is 4.79 Å². The number of rotatable bonds is 5. The summed E-state index contributed by atoms with van der Waals surface area (Å²) in [6, 6.07) is 11.4. The minimum atomic E-state index is 0.0155. The lowest BCUT2D eigenvalue weighted by Crippen LogP contribution is -2.30. The quantitative estimate of drug-likeness (QED) is 0.905. The Labute approximate surface area is 119 Å². The Bertz CT molecular complexity index is 569. The van der Waals surface area contributed by atoms with Gasteiger partial charge in [-0.2, -0.15) is 0 Å². The molecule has 0 saturated carbocycles. The zero-order valence-electron chi connectivity index (χ0n) is 11.6. The molecular formula is C16H19N3O. The zero-order valence-corrected chi connectivity index (χ0v) is 11.6. The topological polar surface area (TPSA) is 59.2 Å². The van der Waals surface area contributed by atoms with Crippen LogP contribution < -0.4 is 5.73 Å². The van der Waals surface area contributed by atoms with Gasteiger partial charge in [0.2, 0.25) is 0 Å². The van der Waals surface area contributed by atoms with Gasteiger partial charge in [0.1, 0.15) is 0 Å². The van der Waals surface area contributed by atoms with Gasteiger partial charge >= 0.3 is 0 Å². The van der Waals surface area contributed by atoms with Gasteiger partial charge in [-0.25, -0.2) is 0 Å². The smallest absolute Gasteiger partial charge is 0.254 e. The first kappa shape index (κ1) is 14.2.